The predicted molar refractivity (Wildman–Crippen MR) is 210 cm³/mol. The summed E-state index contributed by atoms with van der Waals surface area (Å²) in [5, 5.41) is 12.7. The molecule has 3 aromatic carbocycles. The number of aromatic nitrogens is 1. The Bertz CT molecular complexity index is 2230. The van der Waals surface area contributed by atoms with Gasteiger partial charge >= 0.3 is 0 Å². The quantitative estimate of drug-likeness (QED) is 0.158. The smallest absolute Gasteiger partial charge is 0.251 e. The van der Waals surface area contributed by atoms with Crippen molar-refractivity contribution in [2.75, 3.05) is 10.6 Å². The summed E-state index contributed by atoms with van der Waals surface area (Å²) >= 11 is 6.64. The molecule has 10 rings (SSSR count). The normalized spacial score (nSPS) is 19.8. The Labute approximate surface area is 320 Å². The molecular formula is C44H44ClN5O4. The largest absolute Gasteiger partial charge is 0.349 e. The van der Waals surface area contributed by atoms with E-state index < -0.39 is 5.41 Å². The van der Waals surface area contributed by atoms with Crippen molar-refractivity contribution >= 4 is 46.7 Å². The van der Waals surface area contributed by atoms with Crippen molar-refractivity contribution in [3.63, 3.8) is 0 Å². The van der Waals surface area contributed by atoms with Gasteiger partial charge in [-0.3, -0.25) is 19.2 Å². The Morgan fingerprint density at radius 2 is 1.31 bits per heavy atom. The van der Waals surface area contributed by atoms with Gasteiger partial charge in [-0.2, -0.15) is 0 Å². The maximum absolute atomic E-state index is 12.7. The number of halogens is 1. The van der Waals surface area contributed by atoms with Gasteiger partial charge in [-0.15, -0.1) is 0 Å². The molecule has 0 bridgehead atoms. The van der Waals surface area contributed by atoms with Gasteiger partial charge in [-0.05, 0) is 117 Å². The molecular weight excluding hydrogens is 698 g/mol. The molecule has 0 saturated heterocycles. The van der Waals surface area contributed by atoms with E-state index in [0.717, 1.165) is 122 Å². The lowest BCUT2D eigenvalue weighted by atomic mass is 9.79. The summed E-state index contributed by atoms with van der Waals surface area (Å²) in [6.07, 6.45) is 12.2. The van der Waals surface area contributed by atoms with E-state index in [2.05, 4.69) is 27.3 Å². The Morgan fingerprint density at radius 3 is 1.96 bits per heavy atom. The van der Waals surface area contributed by atoms with Gasteiger partial charge in [0.1, 0.15) is 5.82 Å². The fraction of sp³-hybridized carbons (Fsp3) is 0.386. The number of rotatable bonds is 6. The highest BCUT2D eigenvalue weighted by Gasteiger charge is 2.50. The summed E-state index contributed by atoms with van der Waals surface area (Å²) in [5.74, 6) is 0.800. The van der Waals surface area contributed by atoms with Crippen LogP contribution in [-0.2, 0) is 20.4 Å². The fourth-order valence-electron chi connectivity index (χ4n) is 8.91. The molecule has 54 heavy (non-hydrogen) atoms. The highest BCUT2D eigenvalue weighted by Crippen LogP contribution is 2.51. The minimum absolute atomic E-state index is 0.0295. The second-order valence-corrected chi connectivity index (χ2v) is 16.5. The molecule has 4 aromatic rings. The van der Waals surface area contributed by atoms with Crippen LogP contribution in [0.5, 0.6) is 0 Å². The first-order valence-electron chi connectivity index (χ1n) is 19.5. The number of anilines is 2. The lowest BCUT2D eigenvalue weighted by Gasteiger charge is -2.21. The zero-order valence-electron chi connectivity index (χ0n) is 30.4. The van der Waals surface area contributed by atoms with Crippen LogP contribution in [0.25, 0.3) is 22.4 Å². The molecule has 4 aliphatic carbocycles. The predicted octanol–water partition coefficient (Wildman–Crippen LogP) is 8.38. The number of nitrogens with one attached hydrogen (secondary N) is 4. The Balaban J connectivity index is 0.000000142. The number of fused-ring (bicyclic) bond motifs is 4. The van der Waals surface area contributed by atoms with Gasteiger partial charge in [-0.1, -0.05) is 61.5 Å². The number of amides is 4. The first kappa shape index (κ1) is 34.7. The molecule has 2 spiro atoms. The number of aryl methyl sites for hydroxylation is 1. The number of nitrogens with zero attached hydrogens (tertiary/aromatic N) is 1. The van der Waals surface area contributed by atoms with E-state index in [9.17, 15) is 19.2 Å². The van der Waals surface area contributed by atoms with Gasteiger partial charge in [-0.25, -0.2) is 4.98 Å². The molecule has 4 N–H and O–H groups in total. The summed E-state index contributed by atoms with van der Waals surface area (Å²) in [6, 6.07) is 21.8. The van der Waals surface area contributed by atoms with Crippen molar-refractivity contribution < 1.29 is 19.2 Å². The first-order valence-corrected chi connectivity index (χ1v) is 19.8. The highest BCUT2D eigenvalue weighted by atomic mass is 35.5. The standard InChI is InChI=1S/C22H21ClN2O2.C22H23N3O2/c23-18-12-17-19(25-21(27)22(17)8-1-2-9-22)11-16(18)13-4-3-5-14(10-13)20(26)24-15-6-7-15;1-13-4-5-14(20(26)23-15-6-7-15)12-16(13)18-9-8-17-19(24-18)25-21(27)22(17)10-2-3-11-22/h3-5,10-12,15H,1-2,6-9H2,(H,24,26)(H,25,27);4-5,8-9,12,15H,2-3,6-7,10-11H2,1H3,(H,23,26)(H,24,25,27). The summed E-state index contributed by atoms with van der Waals surface area (Å²) in [5.41, 5.74) is 7.94. The van der Waals surface area contributed by atoms with E-state index >= 15 is 0 Å². The van der Waals surface area contributed by atoms with Crippen LogP contribution in [0.1, 0.15) is 114 Å². The Morgan fingerprint density at radius 1 is 0.704 bits per heavy atom. The summed E-state index contributed by atoms with van der Waals surface area (Å²) in [4.78, 5) is 54.8. The molecule has 0 unspecified atom stereocenters. The van der Waals surface area contributed by atoms with E-state index in [1.54, 1.807) is 0 Å². The van der Waals surface area contributed by atoms with Crippen LogP contribution < -0.4 is 21.3 Å². The highest BCUT2D eigenvalue weighted by molar-refractivity contribution is 6.34. The number of carbonyl (C=O) groups excluding carboxylic acids is 4. The van der Waals surface area contributed by atoms with Crippen LogP contribution in [-0.4, -0.2) is 40.7 Å². The van der Waals surface area contributed by atoms with Crippen molar-refractivity contribution in [3.05, 3.63) is 99.6 Å². The maximum atomic E-state index is 12.7. The molecule has 0 atom stereocenters. The molecule has 4 fully saturated rings. The molecule has 2 aliphatic heterocycles. The van der Waals surface area contributed by atoms with Gasteiger partial charge < -0.3 is 21.3 Å². The second kappa shape index (κ2) is 13.4. The minimum Gasteiger partial charge on any atom is -0.349 e. The number of hydrogen-bond acceptors (Lipinski definition) is 5. The van der Waals surface area contributed by atoms with Gasteiger partial charge in [0, 0.05) is 50.6 Å². The third-order valence-corrected chi connectivity index (χ3v) is 12.6. The van der Waals surface area contributed by atoms with Crippen molar-refractivity contribution in [3.8, 4) is 22.4 Å². The number of carbonyl (C=O) groups is 4. The van der Waals surface area contributed by atoms with Crippen LogP contribution in [0.15, 0.2) is 66.7 Å². The average molecular weight is 742 g/mol. The molecule has 10 heteroatoms. The zero-order chi connectivity index (χ0) is 37.2. The number of benzene rings is 3. The molecule has 4 amide bonds. The van der Waals surface area contributed by atoms with E-state index in [0.29, 0.717) is 34.1 Å². The molecule has 9 nitrogen and oxygen atoms in total. The lowest BCUT2D eigenvalue weighted by Crippen LogP contribution is -2.30. The van der Waals surface area contributed by atoms with Gasteiger partial charge in [0.25, 0.3) is 11.8 Å². The zero-order valence-corrected chi connectivity index (χ0v) is 31.2. The van der Waals surface area contributed by atoms with Gasteiger partial charge in [0.2, 0.25) is 11.8 Å². The Hall–Kier alpha value is -5.02. The van der Waals surface area contributed by atoms with E-state index in [1.807, 2.05) is 67.6 Å². The molecule has 4 saturated carbocycles. The maximum Gasteiger partial charge on any atom is 0.251 e. The summed E-state index contributed by atoms with van der Waals surface area (Å²) in [7, 11) is 0. The van der Waals surface area contributed by atoms with Crippen LogP contribution in [0.3, 0.4) is 0 Å². The van der Waals surface area contributed by atoms with Crippen molar-refractivity contribution in [1.29, 1.82) is 0 Å². The van der Waals surface area contributed by atoms with Crippen molar-refractivity contribution in [2.24, 2.45) is 0 Å². The third kappa shape index (κ3) is 6.16. The number of pyridine rings is 1. The molecule has 276 valence electrons. The fourth-order valence-corrected chi connectivity index (χ4v) is 9.18. The minimum atomic E-state index is -0.399. The van der Waals surface area contributed by atoms with E-state index in [1.165, 1.54) is 0 Å². The van der Waals surface area contributed by atoms with Gasteiger partial charge in [0.15, 0.2) is 0 Å². The van der Waals surface area contributed by atoms with Crippen LogP contribution in [0, 0.1) is 6.92 Å². The third-order valence-electron chi connectivity index (χ3n) is 12.3. The monoisotopic (exact) mass is 741 g/mol. The Kier molecular flexibility index (Phi) is 8.60. The van der Waals surface area contributed by atoms with Crippen LogP contribution in [0.2, 0.25) is 5.02 Å². The lowest BCUT2D eigenvalue weighted by molar-refractivity contribution is -0.121. The van der Waals surface area contributed by atoms with Crippen LogP contribution in [0.4, 0.5) is 11.5 Å². The summed E-state index contributed by atoms with van der Waals surface area (Å²) < 4.78 is 0. The van der Waals surface area contributed by atoms with Gasteiger partial charge in [0.05, 0.1) is 16.5 Å². The molecule has 6 aliphatic rings. The van der Waals surface area contributed by atoms with E-state index in [4.69, 9.17) is 16.6 Å². The molecule has 0 radical (unpaired) electrons. The van der Waals surface area contributed by atoms with Crippen molar-refractivity contribution in [2.45, 2.75) is 107 Å². The first-order chi connectivity index (χ1) is 26.1. The van der Waals surface area contributed by atoms with E-state index in [-0.39, 0.29) is 29.0 Å². The van der Waals surface area contributed by atoms with Crippen molar-refractivity contribution in [1.82, 2.24) is 15.6 Å². The van der Waals surface area contributed by atoms with Crippen LogP contribution >= 0.6 is 11.6 Å². The topological polar surface area (TPSA) is 129 Å². The second-order valence-electron chi connectivity index (χ2n) is 16.1. The molecule has 1 aromatic heterocycles. The molecule has 3 heterocycles. The average Bonchev–Trinajstić information content (AvgIpc) is 3.99. The SMILES string of the molecule is Cc1ccc(C(=O)NC2CC2)cc1-c1ccc2c(n1)NC(=O)C21CCCC1.O=C(NC1CC1)c1cccc(-c2cc3c(cc2Cl)C2(CCCC2)C(=O)N3)c1. The number of hydrogen-bond donors (Lipinski definition) is 4. The summed E-state index contributed by atoms with van der Waals surface area (Å²) in [6.45, 7) is 2.02.